The third-order valence-electron chi connectivity index (χ3n) is 24.6. The highest BCUT2D eigenvalue weighted by atomic mass is 19.4. The lowest BCUT2D eigenvalue weighted by molar-refractivity contribution is -0.232. The molecule has 21 nitrogen and oxygen atoms in total. The van der Waals surface area contributed by atoms with Gasteiger partial charge < -0.3 is 43.0 Å². The van der Waals surface area contributed by atoms with Crippen molar-refractivity contribution < 1.29 is 152 Å². The van der Waals surface area contributed by atoms with Crippen LogP contribution < -0.4 is 0 Å². The van der Waals surface area contributed by atoms with Crippen LogP contribution in [-0.4, -0.2) is 129 Å². The van der Waals surface area contributed by atoms with Gasteiger partial charge in [0, 0.05) is 0 Å². The number of carbonyl (C=O) groups is 9. The third kappa shape index (κ3) is 30.2. The number of nitrogens with zero attached hydrogens (tertiary/aromatic N) is 3. The summed E-state index contributed by atoms with van der Waals surface area (Å²) in [5.41, 5.74) is -14.5. The van der Waals surface area contributed by atoms with Gasteiger partial charge in [0.1, 0.15) is 13.2 Å². The molecular weight excluding hydrogens is 1820 g/mol. The van der Waals surface area contributed by atoms with Crippen molar-refractivity contribution in [2.45, 2.75) is 274 Å². The average Bonchev–Trinajstić information content (AvgIpc) is 0.741. The van der Waals surface area contributed by atoms with Gasteiger partial charge in [-0.15, -0.1) is 0 Å². The lowest BCUT2D eigenvalue weighted by Crippen LogP contribution is -2.43. The Morgan fingerprint density at radius 1 is 0.272 bits per heavy atom. The van der Waals surface area contributed by atoms with E-state index in [1.807, 2.05) is 122 Å². The molecule has 8 aromatic carbocycles. The lowest BCUT2D eigenvalue weighted by atomic mass is 9.87. The highest BCUT2D eigenvalue weighted by Gasteiger charge is 2.60. The lowest BCUT2D eigenvalue weighted by Gasteiger charge is -2.28. The topological polar surface area (TPSA) is 319 Å². The normalized spacial score (nSPS) is 15.1. The molecule has 0 bridgehead atoms. The van der Waals surface area contributed by atoms with Crippen molar-refractivity contribution >= 4 is 118 Å². The number of benzene rings is 8. The van der Waals surface area contributed by atoms with Crippen molar-refractivity contribution in [2.24, 2.45) is 48.7 Å². The largest absolute Gasteiger partial charge is 0.481 e. The number of ether oxygens (including phenoxy) is 8. The molecule has 136 heavy (non-hydrogen) atoms. The van der Waals surface area contributed by atoms with Gasteiger partial charge in [-0.1, -0.05) is 172 Å². The van der Waals surface area contributed by atoms with Crippen LogP contribution in [0.15, 0.2) is 109 Å². The number of halogens is 15. The van der Waals surface area contributed by atoms with Gasteiger partial charge in [-0.25, -0.2) is 0 Å². The highest BCUT2D eigenvalue weighted by molar-refractivity contribution is 6.24. The zero-order chi connectivity index (χ0) is 105. The van der Waals surface area contributed by atoms with Crippen LogP contribution in [0.4, 0.5) is 65.9 Å². The van der Waals surface area contributed by atoms with Gasteiger partial charge in [-0.05, 0) is 243 Å². The second-order valence-corrected chi connectivity index (χ2v) is 34.0. The van der Waals surface area contributed by atoms with Crippen molar-refractivity contribution in [1.82, 2.24) is 0 Å². The summed E-state index contributed by atoms with van der Waals surface area (Å²) in [5, 5.41) is 46.7. The van der Waals surface area contributed by atoms with Gasteiger partial charge in [0.2, 0.25) is 0 Å². The Kier molecular flexibility index (Phi) is 46.5. The number of rotatable bonds is 31. The Hall–Kier alpha value is -11.5. The third-order valence-corrected chi connectivity index (χ3v) is 24.6. The first-order chi connectivity index (χ1) is 62.8. The zero-order valence-electron chi connectivity index (χ0n) is 81.2. The minimum absolute atomic E-state index is 0.0372. The van der Waals surface area contributed by atoms with E-state index in [-0.39, 0.29) is 64.7 Å². The molecule has 8 rings (SSSR count). The molecule has 0 saturated carbocycles. The molecule has 0 amide bonds. The highest BCUT2D eigenvalue weighted by Crippen LogP contribution is 2.48. The molecule has 0 heterocycles. The first-order valence-electron chi connectivity index (χ1n) is 44.3. The summed E-state index contributed by atoms with van der Waals surface area (Å²) in [7, 11) is 0. The molecule has 36 heteroatoms. The van der Waals surface area contributed by atoms with Crippen LogP contribution in [0.1, 0.15) is 241 Å². The number of carbonyl (C=O) groups excluding carboxylic acids is 8. The van der Waals surface area contributed by atoms with Crippen molar-refractivity contribution in [3.63, 3.8) is 0 Å². The Labute approximate surface area is 783 Å². The van der Waals surface area contributed by atoms with E-state index in [1.165, 1.54) is 41.5 Å². The van der Waals surface area contributed by atoms with E-state index in [9.17, 15) is 109 Å². The number of hydrogen-bond donors (Lipinski definition) is 1. The summed E-state index contributed by atoms with van der Waals surface area (Å²) in [4.78, 5) is 102. The number of unbranched alkanes of at least 4 members (excludes halogenated alkanes) is 1. The maximum absolute atomic E-state index is 13.3. The molecule has 0 aliphatic heterocycles. The monoisotopic (exact) mass is 1940 g/mol. The molecular formula is C100H126F15N3O18. The van der Waals surface area contributed by atoms with Gasteiger partial charge in [0.25, 0.3) is 0 Å². The van der Waals surface area contributed by atoms with E-state index >= 15 is 0 Å². The first-order valence-corrected chi connectivity index (χ1v) is 44.3. The standard InChI is InChI=1S/2C23H19F3O2.C16H27F3O4.C8H13F3O2.3C8H13NO2.C6H9F3O2/c2*1-3-22(2,23(24,25)26)21(27)28-13-17-10-9-16-8-7-14-5-4-6-15-11-12-18(17)20(16)19(14)15;1-6-14(3,4)12(20)22-10-8-9-11-23-13(21)15(5,7-2)16(17,18)19;1-4-7(3,8(9,10)11)6(12)13-5-2;3*1-4-8(3,6-9)7(10)11-5-2;1-3-5(2,4(10)11)6(7,8)9/h2*4-12H,3,13H2,1-2H3;6-11H2,1-5H3;4-5H2,1-3H3;3*4-5H2,1-3H3;3H2,1-2H3,(H,10,11). The van der Waals surface area contributed by atoms with Gasteiger partial charge in [0.05, 0.1) is 63.3 Å². The van der Waals surface area contributed by atoms with Crippen LogP contribution in [0, 0.1) is 82.7 Å². The predicted molar refractivity (Wildman–Crippen MR) is 484 cm³/mol. The van der Waals surface area contributed by atoms with E-state index in [0.717, 1.165) is 92.3 Å². The second-order valence-electron chi connectivity index (χ2n) is 34.0. The fourth-order valence-electron chi connectivity index (χ4n) is 11.8. The summed E-state index contributed by atoms with van der Waals surface area (Å²) in [6.07, 6.45) is -22.2. The molecule has 0 aliphatic rings. The minimum Gasteiger partial charge on any atom is -0.481 e. The van der Waals surface area contributed by atoms with Gasteiger partial charge >= 0.3 is 84.6 Å². The molecule has 0 spiro atoms. The summed E-state index contributed by atoms with van der Waals surface area (Å²) in [6, 6.07) is 41.4. The first kappa shape index (κ1) is 122. The van der Waals surface area contributed by atoms with Crippen LogP contribution >= 0.6 is 0 Å². The van der Waals surface area contributed by atoms with Gasteiger partial charge in [-0.3, -0.25) is 43.2 Å². The van der Waals surface area contributed by atoms with Crippen LogP contribution in [0.2, 0.25) is 0 Å². The number of hydrogen-bond acceptors (Lipinski definition) is 20. The SMILES string of the molecule is CCC(C)(C(=O)O)C(F)(F)F.CCC(C)(C(=O)OCc1ccc2ccc3cccc4ccc1c2c34)C(F)(F)F.CCC(C)(C(=O)OCc1ccc2ccc3cccc4ccc1c2c34)C(F)(F)F.CCC(C)(C)C(=O)OCCCCOC(=O)C(C)(CC)C(F)(F)F.CCOC(=O)C(C)(C#N)CC.CCOC(=O)C(C)(C#N)CC.CCOC(=O)C(C)(C#N)CC.CCOC(=O)C(C)(CC)C(F)(F)F. The molecule has 754 valence electrons. The number of carboxylic acids is 1. The van der Waals surface area contributed by atoms with Crippen molar-refractivity contribution in [1.29, 1.82) is 15.8 Å². The summed E-state index contributed by atoms with van der Waals surface area (Å²) < 4.78 is 230. The fraction of sp³-hybridized carbons (Fsp3) is 0.560. The Morgan fingerprint density at radius 2 is 0.493 bits per heavy atom. The number of aliphatic carboxylic acids is 1. The van der Waals surface area contributed by atoms with Crippen LogP contribution in [0.25, 0.3) is 64.6 Å². The molecule has 0 aromatic heterocycles. The van der Waals surface area contributed by atoms with E-state index in [1.54, 1.807) is 76.2 Å². The molecule has 8 aromatic rings. The maximum atomic E-state index is 13.3. The van der Waals surface area contributed by atoms with Crippen molar-refractivity contribution in [3.8, 4) is 18.2 Å². The molecule has 8 unspecified atom stereocenters. The van der Waals surface area contributed by atoms with Crippen LogP contribution in [-0.2, 0) is 94.3 Å². The minimum atomic E-state index is -4.67. The summed E-state index contributed by atoms with van der Waals surface area (Å²) in [5.74, 6) is -8.37. The average molecular weight is 1940 g/mol. The van der Waals surface area contributed by atoms with E-state index in [2.05, 4.69) is 16.9 Å². The fourth-order valence-corrected chi connectivity index (χ4v) is 11.8. The second kappa shape index (κ2) is 51.6. The maximum Gasteiger partial charge on any atom is 0.404 e. The molecule has 0 radical (unpaired) electrons. The van der Waals surface area contributed by atoms with Crippen LogP contribution in [0.3, 0.4) is 0 Å². The smallest absolute Gasteiger partial charge is 0.404 e. The summed E-state index contributed by atoms with van der Waals surface area (Å²) in [6.45, 7) is 33.4. The summed E-state index contributed by atoms with van der Waals surface area (Å²) >= 11 is 0. The van der Waals surface area contributed by atoms with E-state index in [0.29, 0.717) is 76.4 Å². The quantitative estimate of drug-likeness (QED) is 0.0139. The molecule has 0 saturated heterocycles. The number of esters is 8. The van der Waals surface area contributed by atoms with Crippen molar-refractivity contribution in [3.05, 3.63) is 120 Å². The zero-order valence-corrected chi connectivity index (χ0v) is 81.2. The number of alkyl halides is 15. The molecule has 1 N–H and O–H groups in total. The molecule has 0 aliphatic carbocycles. The Balaban J connectivity index is 0.000000807. The number of carboxylic acid groups (broad SMARTS) is 1. The number of nitriles is 3. The van der Waals surface area contributed by atoms with Crippen LogP contribution in [0.5, 0.6) is 0 Å². The van der Waals surface area contributed by atoms with Crippen molar-refractivity contribution in [2.75, 3.05) is 39.6 Å². The Morgan fingerprint density at radius 3 is 0.706 bits per heavy atom. The molecule has 0 fully saturated rings. The predicted octanol–water partition coefficient (Wildman–Crippen LogP) is 26.5. The Bertz CT molecular complexity index is 5100. The molecule has 8 atom stereocenters. The van der Waals surface area contributed by atoms with Gasteiger partial charge in [0.15, 0.2) is 43.3 Å². The van der Waals surface area contributed by atoms with E-state index in [4.69, 9.17) is 54.1 Å². The van der Waals surface area contributed by atoms with E-state index < -0.39 is 134 Å². The van der Waals surface area contributed by atoms with Gasteiger partial charge in [-0.2, -0.15) is 81.6 Å².